The lowest BCUT2D eigenvalue weighted by Crippen LogP contribution is -2.43. The topological polar surface area (TPSA) is 316 Å². The van der Waals surface area contributed by atoms with Crippen molar-refractivity contribution in [2.24, 2.45) is 0 Å². The van der Waals surface area contributed by atoms with E-state index in [1.54, 1.807) is 31.2 Å². The fourth-order valence-corrected chi connectivity index (χ4v) is 6.82. The Labute approximate surface area is 358 Å². The van der Waals surface area contributed by atoms with Gasteiger partial charge in [0.15, 0.2) is 23.0 Å². The van der Waals surface area contributed by atoms with E-state index in [9.17, 15) is 58.1 Å². The molecule has 0 aliphatic heterocycles. The molecule has 0 bridgehead atoms. The van der Waals surface area contributed by atoms with Gasteiger partial charge in [0.1, 0.15) is 28.1 Å². The largest absolute Gasteiger partial charge is 0.508 e. The number of hydrogen-bond acceptors (Lipinski definition) is 14. The number of aromatic nitrogens is 1. The molecule has 1 heterocycles. The number of nitrogens with zero attached hydrogens (tertiary/aromatic N) is 2. The molecule has 21 heteroatoms. The highest BCUT2D eigenvalue weighted by atomic mass is 32.2. The highest BCUT2D eigenvalue weighted by Gasteiger charge is 2.27. The maximum Gasteiger partial charge on any atom is 0.339 e. The van der Waals surface area contributed by atoms with E-state index in [4.69, 9.17) is 9.47 Å². The van der Waals surface area contributed by atoms with Crippen molar-refractivity contribution in [2.75, 3.05) is 35.5 Å². The molecule has 4 aromatic carbocycles. The second kappa shape index (κ2) is 19.7. The fourth-order valence-electron chi connectivity index (χ4n) is 5.68. The van der Waals surface area contributed by atoms with Gasteiger partial charge in [0.2, 0.25) is 15.9 Å². The lowest BCUT2D eigenvalue weighted by molar-refractivity contribution is -0.117. The van der Waals surface area contributed by atoms with Crippen LogP contribution in [-0.2, 0) is 19.6 Å². The molecule has 0 aliphatic rings. The molecule has 63 heavy (non-hydrogen) atoms. The molecule has 0 saturated carbocycles. The number of carboxylic acid groups (broad SMARTS) is 1. The molecule has 0 spiro atoms. The van der Waals surface area contributed by atoms with Crippen molar-refractivity contribution in [1.29, 1.82) is 5.26 Å². The van der Waals surface area contributed by atoms with Gasteiger partial charge in [-0.3, -0.25) is 19.2 Å². The molecule has 20 nitrogen and oxygen atoms in total. The molecule has 0 radical (unpaired) electrons. The van der Waals surface area contributed by atoms with Gasteiger partial charge in [0, 0.05) is 23.0 Å². The zero-order chi connectivity index (χ0) is 46.0. The molecule has 1 aromatic heterocycles. The van der Waals surface area contributed by atoms with Crippen LogP contribution in [0.15, 0.2) is 102 Å². The number of aromatic carboxylic acids is 1. The van der Waals surface area contributed by atoms with E-state index < -0.39 is 69.1 Å². The number of sulfonamides is 1. The minimum atomic E-state index is -4.42. The van der Waals surface area contributed by atoms with E-state index in [-0.39, 0.29) is 56.2 Å². The molecule has 0 saturated heterocycles. The molecule has 324 valence electrons. The number of methoxy groups -OCH3 is 2. The number of benzene rings is 4. The van der Waals surface area contributed by atoms with Crippen molar-refractivity contribution >= 4 is 68.6 Å². The van der Waals surface area contributed by atoms with Crippen molar-refractivity contribution in [3.8, 4) is 34.8 Å². The van der Waals surface area contributed by atoms with E-state index in [1.165, 1.54) is 67.8 Å². The number of hydrogen-bond donors (Lipinski definition) is 9. The molecular weight excluding hydrogens is 843 g/mol. The number of phenolic OH excluding ortho intramolecular Hbond substituents is 2. The van der Waals surface area contributed by atoms with Crippen LogP contribution in [0.4, 0.5) is 22.9 Å². The minimum Gasteiger partial charge on any atom is -0.508 e. The zero-order valence-electron chi connectivity index (χ0n) is 33.3. The van der Waals surface area contributed by atoms with Gasteiger partial charge in [-0.2, -0.15) is 9.98 Å². The number of ether oxygens (including phenoxy) is 2. The smallest absolute Gasteiger partial charge is 0.339 e. The quantitative estimate of drug-likeness (QED) is 0.0609. The van der Waals surface area contributed by atoms with Crippen molar-refractivity contribution in [2.45, 2.75) is 24.3 Å². The number of phenols is 3. The summed E-state index contributed by atoms with van der Waals surface area (Å²) in [4.78, 5) is 67.1. The van der Waals surface area contributed by atoms with Crippen LogP contribution in [0.1, 0.15) is 50.0 Å². The molecule has 0 fully saturated rings. The van der Waals surface area contributed by atoms with Crippen LogP contribution in [0, 0.1) is 11.3 Å². The van der Waals surface area contributed by atoms with Gasteiger partial charge < -0.3 is 51.2 Å². The molecule has 1 atom stereocenters. The van der Waals surface area contributed by atoms with Crippen LogP contribution < -0.4 is 35.5 Å². The van der Waals surface area contributed by atoms with Crippen LogP contribution in [0.5, 0.6) is 28.7 Å². The van der Waals surface area contributed by atoms with Gasteiger partial charge in [0.05, 0.1) is 43.6 Å². The number of pyridine rings is 1. The Hall–Kier alpha value is -8.48. The van der Waals surface area contributed by atoms with Crippen LogP contribution in [0.3, 0.4) is 0 Å². The van der Waals surface area contributed by atoms with Crippen LogP contribution >= 0.6 is 0 Å². The molecule has 5 aromatic rings. The standard InChI is InChI=1S/C42H37N7O13S/c1-22(20-23-4-10-26(50)11-5-23)38(53)48-33-17-12-27(21-44-33)63(59,60)49-32(18-19-43)41(56)45-25-8-6-24(7-9-25)39(54)46-30-15-13-28(34(51)36(30)61-2)40(55)47-31-16-14-29(42(57)58)35(52)37(31)62-3/h4-17,20-21,32,49-52H,18H2,1-3H3,(H,45,56)(H,46,54)(H,47,55)(H,57,58)(H,44,48,53)/b22-20+/t32-/m0/s1. The summed E-state index contributed by atoms with van der Waals surface area (Å²) in [7, 11) is -2.10. The molecule has 5 rings (SSSR count). The molecule has 0 unspecified atom stereocenters. The monoisotopic (exact) mass is 879 g/mol. The summed E-state index contributed by atoms with van der Waals surface area (Å²) in [5, 5.41) is 59.2. The Morgan fingerprint density at radius 2 is 1.35 bits per heavy atom. The first-order chi connectivity index (χ1) is 30.0. The number of aromatic hydroxyl groups is 3. The maximum absolute atomic E-state index is 13.2. The van der Waals surface area contributed by atoms with E-state index in [1.807, 2.05) is 0 Å². The second-order valence-corrected chi connectivity index (χ2v) is 14.9. The molecule has 0 aliphatic carbocycles. The van der Waals surface area contributed by atoms with E-state index in [0.29, 0.717) is 11.1 Å². The number of carbonyl (C=O) groups excluding carboxylic acids is 4. The lowest BCUT2D eigenvalue weighted by atomic mass is 10.1. The van der Waals surface area contributed by atoms with Gasteiger partial charge in [0.25, 0.3) is 17.7 Å². The van der Waals surface area contributed by atoms with Crippen molar-refractivity contribution < 1.29 is 62.3 Å². The van der Waals surface area contributed by atoms with Gasteiger partial charge >= 0.3 is 5.97 Å². The summed E-state index contributed by atoms with van der Waals surface area (Å²) in [6.07, 6.45) is 1.97. The van der Waals surface area contributed by atoms with Crippen LogP contribution in [0.2, 0.25) is 0 Å². The summed E-state index contributed by atoms with van der Waals surface area (Å²) in [5.41, 5.74) is 0.178. The van der Waals surface area contributed by atoms with Crippen molar-refractivity contribution in [1.82, 2.24) is 9.71 Å². The fraction of sp³-hybridized carbons (Fsp3) is 0.119. The number of anilines is 4. The van der Waals surface area contributed by atoms with Gasteiger partial charge in [-0.05, 0) is 91.4 Å². The summed E-state index contributed by atoms with van der Waals surface area (Å²) in [6, 6.07) is 18.7. The minimum absolute atomic E-state index is 0.0330. The number of carbonyl (C=O) groups is 5. The molecule has 9 N–H and O–H groups in total. The predicted octanol–water partition coefficient (Wildman–Crippen LogP) is 4.66. The first kappa shape index (κ1) is 45.6. The lowest BCUT2D eigenvalue weighted by Gasteiger charge is -2.17. The Balaban J connectivity index is 1.20. The maximum atomic E-state index is 13.2. The van der Waals surface area contributed by atoms with Gasteiger partial charge in [-0.25, -0.2) is 18.2 Å². The Kier molecular flexibility index (Phi) is 14.3. The first-order valence-corrected chi connectivity index (χ1v) is 19.6. The normalized spacial score (nSPS) is 11.6. The number of amides is 4. The average molecular weight is 880 g/mol. The summed E-state index contributed by atoms with van der Waals surface area (Å²) >= 11 is 0. The second-order valence-electron chi connectivity index (χ2n) is 13.2. The number of nitrogens with one attached hydrogen (secondary N) is 5. The third-order valence-corrected chi connectivity index (χ3v) is 10.3. The van der Waals surface area contributed by atoms with E-state index >= 15 is 0 Å². The third-order valence-electron chi connectivity index (χ3n) is 8.89. The highest BCUT2D eigenvalue weighted by molar-refractivity contribution is 7.89. The van der Waals surface area contributed by atoms with Crippen LogP contribution in [0.25, 0.3) is 6.08 Å². The van der Waals surface area contributed by atoms with Gasteiger partial charge in [-0.1, -0.05) is 12.1 Å². The third kappa shape index (κ3) is 11.0. The van der Waals surface area contributed by atoms with E-state index in [2.05, 4.69) is 31.0 Å². The number of rotatable bonds is 16. The van der Waals surface area contributed by atoms with Crippen molar-refractivity contribution in [3.05, 3.63) is 119 Å². The average Bonchev–Trinajstić information content (AvgIpc) is 3.24. The Morgan fingerprint density at radius 1 is 0.762 bits per heavy atom. The number of nitriles is 1. The zero-order valence-corrected chi connectivity index (χ0v) is 34.1. The highest BCUT2D eigenvalue weighted by Crippen LogP contribution is 2.40. The van der Waals surface area contributed by atoms with Gasteiger partial charge in [-0.15, -0.1) is 0 Å². The Bertz CT molecular complexity index is 2770. The Morgan fingerprint density at radius 3 is 1.90 bits per heavy atom. The number of carboxylic acids is 1. The van der Waals surface area contributed by atoms with Crippen LogP contribution in [-0.4, -0.2) is 83.7 Å². The van der Waals surface area contributed by atoms with E-state index in [0.717, 1.165) is 25.4 Å². The summed E-state index contributed by atoms with van der Waals surface area (Å²) in [6.45, 7) is 1.56. The molecule has 4 amide bonds. The SMILES string of the molecule is COc1c(NC(=O)c2ccc(NC(=O)c3ccc(NC(=O)[C@H](CC#N)NS(=O)(=O)c4ccc(NC(=O)/C(C)=C/c5ccc(O)cc5)nc4)cc3)c(OC)c2O)ccc(C(=O)O)c1O. The predicted molar refractivity (Wildman–Crippen MR) is 226 cm³/mol. The summed E-state index contributed by atoms with van der Waals surface area (Å²) in [5.74, 6) is -6.43. The van der Waals surface area contributed by atoms with Crippen molar-refractivity contribution in [3.63, 3.8) is 0 Å². The first-order valence-electron chi connectivity index (χ1n) is 18.2. The molecular formula is C42H37N7O13S. The summed E-state index contributed by atoms with van der Waals surface area (Å²) < 4.78 is 38.9.